The summed E-state index contributed by atoms with van der Waals surface area (Å²) in [6.45, 7) is 4.53. The van der Waals surface area contributed by atoms with Crippen LogP contribution in [0.5, 0.6) is 0 Å². The molecule has 37 heavy (non-hydrogen) atoms. The predicted octanol–water partition coefficient (Wildman–Crippen LogP) is 11.3. The van der Waals surface area contributed by atoms with Gasteiger partial charge in [-0.25, -0.2) is 0 Å². The van der Waals surface area contributed by atoms with Crippen LogP contribution >= 0.6 is 0 Å². The lowest BCUT2D eigenvalue weighted by molar-refractivity contribution is 0.224. The minimum absolute atomic E-state index is 0.0539. The third kappa shape index (κ3) is 7.72. The van der Waals surface area contributed by atoms with Gasteiger partial charge in [0.15, 0.2) is 0 Å². The first-order valence-corrected chi connectivity index (χ1v) is 15.8. The zero-order valence-electron chi connectivity index (χ0n) is 23.8. The van der Waals surface area contributed by atoms with Crippen molar-refractivity contribution in [1.82, 2.24) is 0 Å². The molecule has 200 valence electrons. The fourth-order valence-electron chi connectivity index (χ4n) is 7.15. The first-order valence-electron chi connectivity index (χ1n) is 15.8. The number of nitriles is 1. The number of hydrogen-bond acceptors (Lipinski definition) is 1. The van der Waals surface area contributed by atoms with E-state index in [1.807, 2.05) is 0 Å². The summed E-state index contributed by atoms with van der Waals surface area (Å²) >= 11 is 0. The van der Waals surface area contributed by atoms with Gasteiger partial charge in [-0.2, -0.15) is 5.26 Å². The molecule has 0 unspecified atom stereocenters. The van der Waals surface area contributed by atoms with Crippen LogP contribution in [-0.2, 0) is 0 Å². The summed E-state index contributed by atoms with van der Waals surface area (Å²) in [7, 11) is 0. The molecule has 2 aliphatic carbocycles. The third-order valence-corrected chi connectivity index (χ3v) is 9.85. The van der Waals surface area contributed by atoms with Crippen molar-refractivity contribution in [3.8, 4) is 17.2 Å². The van der Waals surface area contributed by atoms with Gasteiger partial charge in [0.05, 0.1) is 11.5 Å². The van der Waals surface area contributed by atoms with Gasteiger partial charge in [0.2, 0.25) is 0 Å². The van der Waals surface area contributed by atoms with Crippen LogP contribution in [0.4, 0.5) is 0 Å². The Morgan fingerprint density at radius 2 is 1.16 bits per heavy atom. The summed E-state index contributed by atoms with van der Waals surface area (Å²) in [4.78, 5) is 0. The molecule has 0 radical (unpaired) electrons. The Bertz CT molecular complexity index is 947. The average molecular weight is 498 g/mol. The van der Waals surface area contributed by atoms with E-state index in [4.69, 9.17) is 0 Å². The summed E-state index contributed by atoms with van der Waals surface area (Å²) in [5.74, 6) is 2.36. The molecule has 0 N–H and O–H groups in total. The summed E-state index contributed by atoms with van der Waals surface area (Å²) in [5.41, 5.74) is 5.62. The molecule has 1 heteroatoms. The van der Waals surface area contributed by atoms with Gasteiger partial charge in [-0.1, -0.05) is 114 Å². The lowest BCUT2D eigenvalue weighted by atomic mass is 9.67. The molecule has 2 aromatic carbocycles. The van der Waals surface area contributed by atoms with E-state index in [0.717, 1.165) is 43.9 Å². The standard InChI is InChI=1S/C36H51N/c1-3-5-7-8-9-10-29-11-13-30(14-12-29)31-15-17-32(18-16-31)33-19-21-34(22-20-33)35-23-26-36(28-37,27-24-35)25-6-4-2/h15-22,29-30,35H,3-14,23-27H2,1-2H3. The van der Waals surface area contributed by atoms with E-state index in [0.29, 0.717) is 5.92 Å². The fourth-order valence-corrected chi connectivity index (χ4v) is 7.15. The van der Waals surface area contributed by atoms with Crippen molar-refractivity contribution in [3.05, 3.63) is 59.7 Å². The van der Waals surface area contributed by atoms with Crippen molar-refractivity contribution in [2.75, 3.05) is 0 Å². The molecule has 0 aromatic heterocycles. The molecule has 0 atom stereocenters. The van der Waals surface area contributed by atoms with E-state index < -0.39 is 0 Å². The van der Waals surface area contributed by atoms with Crippen LogP contribution in [0.1, 0.15) is 146 Å². The Balaban J connectivity index is 1.25. The summed E-state index contributed by atoms with van der Waals surface area (Å²) < 4.78 is 0. The maximum Gasteiger partial charge on any atom is 0.0689 e. The molecule has 2 fully saturated rings. The molecule has 2 aliphatic rings. The second kappa shape index (κ2) is 14.2. The van der Waals surface area contributed by atoms with Crippen molar-refractivity contribution in [2.45, 2.75) is 135 Å². The first-order chi connectivity index (χ1) is 18.2. The molecule has 1 nitrogen and oxygen atoms in total. The van der Waals surface area contributed by atoms with Crippen molar-refractivity contribution in [3.63, 3.8) is 0 Å². The van der Waals surface area contributed by atoms with Gasteiger partial charge < -0.3 is 0 Å². The number of unbranched alkanes of at least 4 members (excludes halogenated alkanes) is 5. The number of nitrogens with zero attached hydrogens (tertiary/aromatic N) is 1. The van der Waals surface area contributed by atoms with Gasteiger partial charge in [0.1, 0.15) is 0 Å². The maximum absolute atomic E-state index is 9.81. The molecule has 4 rings (SSSR count). The van der Waals surface area contributed by atoms with Crippen molar-refractivity contribution in [2.24, 2.45) is 11.3 Å². The molecule has 0 saturated heterocycles. The molecule has 0 heterocycles. The van der Waals surface area contributed by atoms with E-state index in [9.17, 15) is 5.26 Å². The van der Waals surface area contributed by atoms with Gasteiger partial charge in [-0.05, 0) is 97.8 Å². The lowest BCUT2D eigenvalue weighted by Crippen LogP contribution is -2.25. The Hall–Kier alpha value is -2.07. The van der Waals surface area contributed by atoms with Gasteiger partial charge >= 0.3 is 0 Å². The highest BCUT2D eigenvalue weighted by atomic mass is 14.4. The van der Waals surface area contributed by atoms with Crippen LogP contribution in [0, 0.1) is 22.7 Å². The highest BCUT2D eigenvalue weighted by molar-refractivity contribution is 5.64. The van der Waals surface area contributed by atoms with E-state index in [-0.39, 0.29) is 5.41 Å². The zero-order valence-corrected chi connectivity index (χ0v) is 23.8. The van der Waals surface area contributed by atoms with Crippen LogP contribution in [0.15, 0.2) is 48.5 Å². The second-order valence-corrected chi connectivity index (χ2v) is 12.4. The van der Waals surface area contributed by atoms with Crippen molar-refractivity contribution < 1.29 is 0 Å². The van der Waals surface area contributed by atoms with E-state index >= 15 is 0 Å². The molecule has 2 aromatic rings. The largest absolute Gasteiger partial charge is 0.198 e. The lowest BCUT2D eigenvalue weighted by Gasteiger charge is -2.35. The van der Waals surface area contributed by atoms with Crippen LogP contribution in [0.2, 0.25) is 0 Å². The van der Waals surface area contributed by atoms with Gasteiger partial charge in [-0.15, -0.1) is 0 Å². The average Bonchev–Trinajstić information content (AvgIpc) is 2.97. The normalized spacial score (nSPS) is 26.0. The summed E-state index contributed by atoms with van der Waals surface area (Å²) in [6, 6.07) is 21.5. The van der Waals surface area contributed by atoms with E-state index in [1.165, 1.54) is 93.7 Å². The monoisotopic (exact) mass is 497 g/mol. The van der Waals surface area contributed by atoms with Gasteiger partial charge in [0.25, 0.3) is 0 Å². The molecular formula is C36H51N. The number of benzene rings is 2. The maximum atomic E-state index is 9.81. The Kier molecular flexibility index (Phi) is 10.7. The van der Waals surface area contributed by atoms with Crippen LogP contribution in [-0.4, -0.2) is 0 Å². The molecule has 0 spiro atoms. The Labute approximate surface area is 228 Å². The molecule has 0 aliphatic heterocycles. The van der Waals surface area contributed by atoms with Gasteiger partial charge in [0, 0.05) is 0 Å². The molecule has 0 amide bonds. The SMILES string of the molecule is CCCCCCCC1CCC(c2ccc(-c3ccc(C4CCC(C#N)(CCCC)CC4)cc3)cc2)CC1. The topological polar surface area (TPSA) is 23.8 Å². The second-order valence-electron chi connectivity index (χ2n) is 12.4. The van der Waals surface area contributed by atoms with Crippen molar-refractivity contribution in [1.29, 1.82) is 5.26 Å². The molecule has 0 bridgehead atoms. The number of rotatable bonds is 12. The minimum atomic E-state index is -0.0539. The summed E-state index contributed by atoms with van der Waals surface area (Å²) in [5, 5.41) is 9.81. The quantitative estimate of drug-likeness (QED) is 0.267. The van der Waals surface area contributed by atoms with E-state index in [1.54, 1.807) is 5.56 Å². The molecule has 2 saturated carbocycles. The van der Waals surface area contributed by atoms with E-state index in [2.05, 4.69) is 68.4 Å². The third-order valence-electron chi connectivity index (χ3n) is 9.85. The highest BCUT2D eigenvalue weighted by Crippen LogP contribution is 2.46. The Morgan fingerprint density at radius 3 is 1.68 bits per heavy atom. The number of hydrogen-bond donors (Lipinski definition) is 0. The van der Waals surface area contributed by atoms with Crippen LogP contribution in [0.3, 0.4) is 0 Å². The molecular weight excluding hydrogens is 446 g/mol. The first kappa shape index (κ1) is 28.0. The zero-order chi connectivity index (χ0) is 25.9. The Morgan fingerprint density at radius 1 is 0.649 bits per heavy atom. The van der Waals surface area contributed by atoms with Crippen LogP contribution < -0.4 is 0 Å². The highest BCUT2D eigenvalue weighted by Gasteiger charge is 2.35. The van der Waals surface area contributed by atoms with Crippen molar-refractivity contribution >= 4 is 0 Å². The predicted molar refractivity (Wildman–Crippen MR) is 159 cm³/mol. The van der Waals surface area contributed by atoms with Gasteiger partial charge in [-0.3, -0.25) is 0 Å². The minimum Gasteiger partial charge on any atom is -0.198 e. The fraction of sp³-hybridized carbons (Fsp3) is 0.639. The summed E-state index contributed by atoms with van der Waals surface area (Å²) in [6.07, 6.45) is 22.1. The van der Waals surface area contributed by atoms with Crippen LogP contribution in [0.25, 0.3) is 11.1 Å². The smallest absolute Gasteiger partial charge is 0.0689 e.